The normalized spacial score (nSPS) is 19.3. The summed E-state index contributed by atoms with van der Waals surface area (Å²) in [5, 5.41) is 3.18. The first-order valence-electron chi connectivity index (χ1n) is 5.88. The number of hydrogen-bond donors (Lipinski definition) is 1. The lowest BCUT2D eigenvalue weighted by Gasteiger charge is -2.29. The summed E-state index contributed by atoms with van der Waals surface area (Å²) in [5.74, 6) is 0.347. The summed E-state index contributed by atoms with van der Waals surface area (Å²) in [4.78, 5) is 24.8. The van der Waals surface area contributed by atoms with Gasteiger partial charge in [-0.15, -0.1) is 0 Å². The van der Waals surface area contributed by atoms with Crippen molar-refractivity contribution in [2.75, 3.05) is 20.7 Å². The summed E-state index contributed by atoms with van der Waals surface area (Å²) in [6.45, 7) is 0.110. The maximum atomic E-state index is 11.9. The van der Waals surface area contributed by atoms with E-state index in [1.54, 1.807) is 26.3 Å². The Morgan fingerprint density at radius 2 is 2.21 bits per heavy atom. The molecular weight excluding hydrogens is 268 g/mol. The van der Waals surface area contributed by atoms with Crippen LogP contribution < -0.4 is 10.1 Å². The molecule has 1 heterocycles. The summed E-state index contributed by atoms with van der Waals surface area (Å²) >= 11 is 6.03. The van der Waals surface area contributed by atoms with Crippen LogP contribution in [0.2, 0.25) is 5.02 Å². The van der Waals surface area contributed by atoms with E-state index in [-0.39, 0.29) is 18.4 Å². The lowest BCUT2D eigenvalue weighted by Crippen LogP contribution is -2.57. The third-order valence-electron chi connectivity index (χ3n) is 3.05. The van der Waals surface area contributed by atoms with Gasteiger partial charge in [0.15, 0.2) is 0 Å². The lowest BCUT2D eigenvalue weighted by atomic mass is 10.0. The van der Waals surface area contributed by atoms with Gasteiger partial charge in [-0.2, -0.15) is 0 Å². The molecule has 0 aliphatic carbocycles. The Bertz CT molecular complexity index is 519. The van der Waals surface area contributed by atoms with Gasteiger partial charge in [-0.3, -0.25) is 9.59 Å². The predicted octanol–water partition coefficient (Wildman–Crippen LogP) is 0.848. The van der Waals surface area contributed by atoms with Gasteiger partial charge >= 0.3 is 0 Å². The third-order valence-corrected chi connectivity index (χ3v) is 3.34. The summed E-state index contributed by atoms with van der Waals surface area (Å²) in [5.41, 5.74) is 0.875. The van der Waals surface area contributed by atoms with Crippen molar-refractivity contribution >= 4 is 23.4 Å². The molecule has 5 nitrogen and oxygen atoms in total. The van der Waals surface area contributed by atoms with Gasteiger partial charge in [0.1, 0.15) is 11.8 Å². The van der Waals surface area contributed by atoms with E-state index in [2.05, 4.69) is 5.32 Å². The molecule has 1 N–H and O–H groups in total. The molecule has 102 valence electrons. The van der Waals surface area contributed by atoms with E-state index in [4.69, 9.17) is 16.3 Å². The van der Waals surface area contributed by atoms with Crippen LogP contribution in [0.3, 0.4) is 0 Å². The van der Waals surface area contributed by atoms with Gasteiger partial charge in [0.05, 0.1) is 18.7 Å². The molecule has 0 saturated carbocycles. The van der Waals surface area contributed by atoms with E-state index in [1.807, 2.05) is 6.07 Å². The standard InChI is InChI=1S/C13H15ClN2O3/c1-16-7-12(17)15-10(13(16)18)6-8-3-4-11(19-2)9(14)5-8/h3-5,10H,6-7H2,1-2H3,(H,15,17). The molecule has 1 aliphatic rings. The molecule has 1 fully saturated rings. The number of piperazine rings is 1. The lowest BCUT2D eigenvalue weighted by molar-refractivity contribution is -0.142. The van der Waals surface area contributed by atoms with Gasteiger partial charge in [0.25, 0.3) is 0 Å². The first kappa shape index (κ1) is 13.7. The Balaban J connectivity index is 2.14. The van der Waals surface area contributed by atoms with E-state index in [0.29, 0.717) is 17.2 Å². The Hall–Kier alpha value is -1.75. The van der Waals surface area contributed by atoms with E-state index >= 15 is 0 Å². The molecule has 1 aliphatic heterocycles. The van der Waals surface area contributed by atoms with Crippen LogP contribution in [0.25, 0.3) is 0 Å². The average molecular weight is 283 g/mol. The van der Waals surface area contributed by atoms with Gasteiger partial charge in [0.2, 0.25) is 11.8 Å². The quantitative estimate of drug-likeness (QED) is 0.894. The molecule has 1 atom stereocenters. The number of nitrogens with zero attached hydrogens (tertiary/aromatic N) is 1. The summed E-state index contributed by atoms with van der Waals surface area (Å²) < 4.78 is 5.07. The van der Waals surface area contributed by atoms with E-state index in [1.165, 1.54) is 4.90 Å². The molecule has 0 radical (unpaired) electrons. The second-order valence-corrected chi connectivity index (χ2v) is 4.89. The van der Waals surface area contributed by atoms with Crippen LogP contribution in [-0.2, 0) is 16.0 Å². The summed E-state index contributed by atoms with van der Waals surface area (Å²) in [6.07, 6.45) is 0.415. The van der Waals surface area contributed by atoms with Gasteiger partial charge in [-0.05, 0) is 17.7 Å². The van der Waals surface area contributed by atoms with Crippen molar-refractivity contribution in [1.82, 2.24) is 10.2 Å². The topological polar surface area (TPSA) is 58.6 Å². The minimum atomic E-state index is -0.532. The molecule has 6 heteroatoms. The third kappa shape index (κ3) is 2.98. The van der Waals surface area contributed by atoms with Gasteiger partial charge in [0, 0.05) is 13.5 Å². The van der Waals surface area contributed by atoms with Gasteiger partial charge in [-0.1, -0.05) is 17.7 Å². The maximum Gasteiger partial charge on any atom is 0.245 e. The SMILES string of the molecule is COc1ccc(CC2NC(=O)CN(C)C2=O)cc1Cl. The molecule has 1 aromatic carbocycles. The predicted molar refractivity (Wildman–Crippen MR) is 71.3 cm³/mol. The largest absolute Gasteiger partial charge is 0.495 e. The van der Waals surface area contributed by atoms with Crippen molar-refractivity contribution in [3.05, 3.63) is 28.8 Å². The molecular formula is C13H15ClN2O3. The fraction of sp³-hybridized carbons (Fsp3) is 0.385. The maximum absolute atomic E-state index is 11.9. The van der Waals surface area contributed by atoms with Crippen molar-refractivity contribution in [3.8, 4) is 5.75 Å². The highest BCUT2D eigenvalue weighted by atomic mass is 35.5. The number of nitrogens with one attached hydrogen (secondary N) is 1. The molecule has 2 amide bonds. The van der Waals surface area contributed by atoms with E-state index in [0.717, 1.165) is 5.56 Å². The number of ether oxygens (including phenoxy) is 1. The fourth-order valence-corrected chi connectivity index (χ4v) is 2.35. The van der Waals surface area contributed by atoms with Crippen LogP contribution in [0.4, 0.5) is 0 Å². The first-order chi connectivity index (χ1) is 9.01. The summed E-state index contributed by atoms with van der Waals surface area (Å²) in [7, 11) is 3.16. The second kappa shape index (κ2) is 5.48. The number of halogens is 1. The molecule has 1 saturated heterocycles. The summed E-state index contributed by atoms with van der Waals surface area (Å²) in [6, 6.07) is 4.79. The number of carbonyl (C=O) groups excluding carboxylic acids is 2. The number of amides is 2. The van der Waals surface area contributed by atoms with Crippen molar-refractivity contribution in [3.63, 3.8) is 0 Å². The van der Waals surface area contributed by atoms with E-state index in [9.17, 15) is 9.59 Å². The average Bonchev–Trinajstić information content (AvgIpc) is 2.35. The minimum Gasteiger partial charge on any atom is -0.495 e. The van der Waals surface area contributed by atoms with Crippen molar-refractivity contribution in [1.29, 1.82) is 0 Å². The van der Waals surface area contributed by atoms with Crippen molar-refractivity contribution in [2.45, 2.75) is 12.5 Å². The van der Waals surface area contributed by atoms with Crippen LogP contribution in [0.15, 0.2) is 18.2 Å². The minimum absolute atomic E-state index is 0.0912. The van der Waals surface area contributed by atoms with Crippen molar-refractivity contribution in [2.24, 2.45) is 0 Å². The molecule has 0 aromatic heterocycles. The molecule has 1 unspecified atom stereocenters. The number of hydrogen-bond acceptors (Lipinski definition) is 3. The molecule has 0 bridgehead atoms. The Labute approximate surface area is 116 Å². The van der Waals surface area contributed by atoms with Gasteiger partial charge in [-0.25, -0.2) is 0 Å². The number of rotatable bonds is 3. The second-order valence-electron chi connectivity index (χ2n) is 4.49. The number of benzene rings is 1. The number of methoxy groups -OCH3 is 1. The molecule has 0 spiro atoms. The van der Waals surface area contributed by atoms with Crippen LogP contribution in [0.5, 0.6) is 5.75 Å². The van der Waals surface area contributed by atoms with E-state index < -0.39 is 6.04 Å². The number of carbonyl (C=O) groups is 2. The Morgan fingerprint density at radius 1 is 1.47 bits per heavy atom. The zero-order valence-electron chi connectivity index (χ0n) is 10.8. The Kier molecular flexibility index (Phi) is 3.95. The van der Waals surface area contributed by atoms with Crippen LogP contribution in [-0.4, -0.2) is 43.5 Å². The highest BCUT2D eigenvalue weighted by Crippen LogP contribution is 2.25. The monoisotopic (exact) mass is 282 g/mol. The highest BCUT2D eigenvalue weighted by molar-refractivity contribution is 6.32. The molecule has 1 aromatic rings. The highest BCUT2D eigenvalue weighted by Gasteiger charge is 2.30. The fourth-order valence-electron chi connectivity index (χ4n) is 2.07. The number of likely N-dealkylation sites (N-methyl/N-ethyl adjacent to an activating group) is 1. The Morgan fingerprint density at radius 3 is 2.84 bits per heavy atom. The van der Waals surface area contributed by atoms with Crippen LogP contribution >= 0.6 is 11.6 Å². The molecule has 2 rings (SSSR count). The zero-order valence-corrected chi connectivity index (χ0v) is 11.5. The first-order valence-corrected chi connectivity index (χ1v) is 6.26. The zero-order chi connectivity index (χ0) is 14.0. The van der Waals surface area contributed by atoms with Crippen molar-refractivity contribution < 1.29 is 14.3 Å². The smallest absolute Gasteiger partial charge is 0.245 e. The van der Waals surface area contributed by atoms with Crippen LogP contribution in [0.1, 0.15) is 5.56 Å². The van der Waals surface area contributed by atoms with Gasteiger partial charge < -0.3 is 15.0 Å². The molecule has 19 heavy (non-hydrogen) atoms. The van der Waals surface area contributed by atoms with Crippen LogP contribution in [0, 0.1) is 0 Å².